The highest BCUT2D eigenvalue weighted by molar-refractivity contribution is 6.02. The van der Waals surface area contributed by atoms with Crippen molar-refractivity contribution in [3.8, 4) is 5.75 Å². The Morgan fingerprint density at radius 2 is 1.48 bits per heavy atom. The molecule has 0 aliphatic heterocycles. The molecule has 0 heterocycles. The smallest absolute Gasteiger partial charge is 0.343 e. The lowest BCUT2D eigenvalue weighted by atomic mass is 10.0. The van der Waals surface area contributed by atoms with Gasteiger partial charge in [0.1, 0.15) is 5.75 Å². The van der Waals surface area contributed by atoms with Crippen molar-refractivity contribution in [3.63, 3.8) is 0 Å². The zero-order valence-electron chi connectivity index (χ0n) is 16.9. The first-order valence-corrected chi connectivity index (χ1v) is 10.5. The van der Waals surface area contributed by atoms with Gasteiger partial charge in [0.2, 0.25) is 0 Å². The third-order valence-corrected chi connectivity index (χ3v) is 5.42. The SMILES string of the molecule is CCCCCCc1ccc(C(=O)Oc2cccc3cc4ccccc4cc23)cc1. The summed E-state index contributed by atoms with van der Waals surface area (Å²) in [7, 11) is 0. The minimum absolute atomic E-state index is 0.316. The normalized spacial score (nSPS) is 11.1. The molecule has 29 heavy (non-hydrogen) atoms. The van der Waals surface area contributed by atoms with E-state index in [4.69, 9.17) is 4.74 Å². The number of aryl methyl sites for hydroxylation is 1. The second kappa shape index (κ2) is 8.91. The van der Waals surface area contributed by atoms with Crippen LogP contribution in [-0.4, -0.2) is 5.97 Å². The van der Waals surface area contributed by atoms with E-state index in [-0.39, 0.29) is 5.97 Å². The van der Waals surface area contributed by atoms with Crippen LogP contribution in [0.15, 0.2) is 78.9 Å². The number of carbonyl (C=O) groups excluding carboxylic acids is 1. The Labute approximate surface area is 172 Å². The van der Waals surface area contributed by atoms with E-state index in [1.54, 1.807) is 0 Å². The second-order valence-corrected chi connectivity index (χ2v) is 7.57. The molecule has 0 amide bonds. The highest BCUT2D eigenvalue weighted by atomic mass is 16.5. The molecule has 0 unspecified atom stereocenters. The fourth-order valence-electron chi connectivity index (χ4n) is 3.75. The highest BCUT2D eigenvalue weighted by Gasteiger charge is 2.11. The third kappa shape index (κ3) is 4.48. The lowest BCUT2D eigenvalue weighted by molar-refractivity contribution is 0.0737. The van der Waals surface area contributed by atoms with Crippen LogP contribution in [0.2, 0.25) is 0 Å². The molecular weight excluding hydrogens is 356 g/mol. The lowest BCUT2D eigenvalue weighted by Crippen LogP contribution is -2.08. The number of fused-ring (bicyclic) bond motifs is 2. The number of hydrogen-bond acceptors (Lipinski definition) is 2. The summed E-state index contributed by atoms with van der Waals surface area (Å²) in [6, 6.07) is 26.1. The molecule has 0 aliphatic carbocycles. The van der Waals surface area contributed by atoms with Gasteiger partial charge in [-0.1, -0.05) is 74.7 Å². The van der Waals surface area contributed by atoms with Gasteiger partial charge in [0.15, 0.2) is 0 Å². The molecule has 0 aromatic heterocycles. The van der Waals surface area contributed by atoms with Crippen molar-refractivity contribution in [2.24, 2.45) is 0 Å². The van der Waals surface area contributed by atoms with Gasteiger partial charge in [-0.3, -0.25) is 0 Å². The fraction of sp³-hybridized carbons (Fsp3) is 0.222. The van der Waals surface area contributed by atoms with E-state index < -0.39 is 0 Å². The summed E-state index contributed by atoms with van der Waals surface area (Å²) >= 11 is 0. The minimum atomic E-state index is -0.316. The third-order valence-electron chi connectivity index (χ3n) is 5.42. The van der Waals surface area contributed by atoms with Crippen molar-refractivity contribution in [1.82, 2.24) is 0 Å². The maximum atomic E-state index is 12.7. The summed E-state index contributed by atoms with van der Waals surface area (Å²) in [6.45, 7) is 2.22. The number of benzene rings is 4. The second-order valence-electron chi connectivity index (χ2n) is 7.57. The van der Waals surface area contributed by atoms with Crippen LogP contribution in [0.5, 0.6) is 5.75 Å². The molecule has 0 aliphatic rings. The van der Waals surface area contributed by atoms with Crippen LogP contribution in [0.1, 0.15) is 48.5 Å². The number of unbranched alkanes of at least 4 members (excludes halogenated alkanes) is 3. The molecule has 0 spiro atoms. The molecule has 0 bridgehead atoms. The van der Waals surface area contributed by atoms with E-state index in [1.165, 1.54) is 36.6 Å². The molecule has 0 N–H and O–H groups in total. The van der Waals surface area contributed by atoms with Crippen LogP contribution in [0, 0.1) is 0 Å². The molecule has 146 valence electrons. The molecule has 0 radical (unpaired) electrons. The fourth-order valence-corrected chi connectivity index (χ4v) is 3.75. The number of hydrogen-bond donors (Lipinski definition) is 0. The van der Waals surface area contributed by atoms with Gasteiger partial charge in [-0.15, -0.1) is 0 Å². The maximum Gasteiger partial charge on any atom is 0.343 e. The highest BCUT2D eigenvalue weighted by Crippen LogP contribution is 2.30. The quantitative estimate of drug-likeness (QED) is 0.145. The van der Waals surface area contributed by atoms with E-state index in [2.05, 4.69) is 31.2 Å². The first-order chi connectivity index (χ1) is 14.2. The van der Waals surface area contributed by atoms with Crippen molar-refractivity contribution in [1.29, 1.82) is 0 Å². The summed E-state index contributed by atoms with van der Waals surface area (Å²) in [4.78, 5) is 12.7. The topological polar surface area (TPSA) is 26.3 Å². The summed E-state index contributed by atoms with van der Waals surface area (Å²) in [6.07, 6.45) is 6.04. The van der Waals surface area contributed by atoms with Gasteiger partial charge in [0.25, 0.3) is 0 Å². The van der Waals surface area contributed by atoms with Crippen molar-refractivity contribution in [3.05, 3.63) is 90.0 Å². The van der Waals surface area contributed by atoms with Crippen molar-refractivity contribution < 1.29 is 9.53 Å². The molecule has 0 atom stereocenters. The summed E-state index contributed by atoms with van der Waals surface area (Å²) in [5, 5.41) is 4.33. The largest absolute Gasteiger partial charge is 0.422 e. The Morgan fingerprint density at radius 3 is 2.24 bits per heavy atom. The molecule has 0 saturated carbocycles. The average Bonchev–Trinajstić information content (AvgIpc) is 2.76. The zero-order valence-corrected chi connectivity index (χ0v) is 16.9. The van der Waals surface area contributed by atoms with E-state index in [0.29, 0.717) is 11.3 Å². The van der Waals surface area contributed by atoms with Gasteiger partial charge in [0.05, 0.1) is 5.56 Å². The first-order valence-electron chi connectivity index (χ1n) is 10.5. The monoisotopic (exact) mass is 382 g/mol. The summed E-state index contributed by atoms with van der Waals surface area (Å²) in [5.74, 6) is 0.282. The van der Waals surface area contributed by atoms with Gasteiger partial charge in [-0.2, -0.15) is 0 Å². The number of esters is 1. The molecular formula is C27H26O2. The van der Waals surface area contributed by atoms with Crippen LogP contribution >= 0.6 is 0 Å². The van der Waals surface area contributed by atoms with Gasteiger partial charge >= 0.3 is 5.97 Å². The van der Waals surface area contributed by atoms with Crippen LogP contribution < -0.4 is 4.74 Å². The van der Waals surface area contributed by atoms with Gasteiger partial charge in [-0.05, 0) is 64.9 Å². The summed E-state index contributed by atoms with van der Waals surface area (Å²) in [5.41, 5.74) is 1.86. The van der Waals surface area contributed by atoms with Crippen LogP contribution in [0.3, 0.4) is 0 Å². The molecule has 2 nitrogen and oxygen atoms in total. The molecule has 4 aromatic carbocycles. The predicted molar refractivity (Wildman–Crippen MR) is 121 cm³/mol. The van der Waals surface area contributed by atoms with E-state index in [1.807, 2.05) is 54.6 Å². The van der Waals surface area contributed by atoms with E-state index >= 15 is 0 Å². The Hall–Kier alpha value is -3.13. The van der Waals surface area contributed by atoms with Crippen molar-refractivity contribution >= 4 is 27.5 Å². The van der Waals surface area contributed by atoms with Gasteiger partial charge < -0.3 is 4.74 Å². The summed E-state index contributed by atoms with van der Waals surface area (Å²) < 4.78 is 5.78. The van der Waals surface area contributed by atoms with Crippen molar-refractivity contribution in [2.45, 2.75) is 39.0 Å². The predicted octanol–water partition coefficient (Wildman–Crippen LogP) is 7.34. The molecule has 4 aromatic rings. The first kappa shape index (κ1) is 19.2. The average molecular weight is 383 g/mol. The minimum Gasteiger partial charge on any atom is -0.422 e. The standard InChI is InChI=1S/C27H26O2/c1-2-3-4-5-9-20-14-16-21(17-15-20)27(28)29-26-13-8-12-24-18-22-10-6-7-11-23(22)19-25(24)26/h6-8,10-19H,2-5,9H2,1H3. The van der Waals surface area contributed by atoms with Crippen LogP contribution in [0.4, 0.5) is 0 Å². The lowest BCUT2D eigenvalue weighted by Gasteiger charge is -2.10. The number of rotatable bonds is 7. The Balaban J connectivity index is 1.52. The van der Waals surface area contributed by atoms with Gasteiger partial charge in [0, 0.05) is 5.39 Å². The van der Waals surface area contributed by atoms with Crippen molar-refractivity contribution in [2.75, 3.05) is 0 Å². The molecule has 4 rings (SSSR count). The number of carbonyl (C=O) groups is 1. The number of ether oxygens (including phenoxy) is 1. The maximum absolute atomic E-state index is 12.7. The van der Waals surface area contributed by atoms with Gasteiger partial charge in [-0.25, -0.2) is 4.79 Å². The van der Waals surface area contributed by atoms with Crippen LogP contribution in [0.25, 0.3) is 21.5 Å². The Bertz CT molecular complexity index is 1130. The van der Waals surface area contributed by atoms with Crippen LogP contribution in [-0.2, 0) is 6.42 Å². The van der Waals surface area contributed by atoms with E-state index in [9.17, 15) is 4.79 Å². The molecule has 2 heteroatoms. The van der Waals surface area contributed by atoms with E-state index in [0.717, 1.165) is 22.6 Å². The zero-order chi connectivity index (χ0) is 20.1. The Kier molecular flexibility index (Phi) is 5.90. The molecule has 0 saturated heterocycles. The Morgan fingerprint density at radius 1 is 0.759 bits per heavy atom. The molecule has 0 fully saturated rings.